The van der Waals surface area contributed by atoms with Crippen LogP contribution in [0.25, 0.3) is 0 Å². The predicted octanol–water partition coefficient (Wildman–Crippen LogP) is 2.41. The minimum Gasteiger partial charge on any atom is -0.311 e. The van der Waals surface area contributed by atoms with Crippen LogP contribution in [0.1, 0.15) is 36.6 Å². The van der Waals surface area contributed by atoms with Crippen molar-refractivity contribution in [3.05, 3.63) is 16.1 Å². The fourth-order valence-corrected chi connectivity index (χ4v) is 3.34. The third-order valence-corrected chi connectivity index (χ3v) is 4.02. The van der Waals surface area contributed by atoms with E-state index in [1.807, 2.05) is 17.5 Å². The number of hydrogen-bond donors (Lipinski definition) is 1. The quantitative estimate of drug-likeness (QED) is 0.893. The zero-order chi connectivity index (χ0) is 12.3. The minimum atomic E-state index is 0.589. The van der Waals surface area contributed by atoms with Gasteiger partial charge in [-0.05, 0) is 26.3 Å². The summed E-state index contributed by atoms with van der Waals surface area (Å²) in [6, 6.07) is 1.25. The molecule has 1 fully saturated rings. The SMILES string of the molecule is Cc1ncc(CN2CCCC(NC(C)C)C2)s1. The molecule has 0 aromatic carbocycles. The van der Waals surface area contributed by atoms with Crippen LogP contribution < -0.4 is 5.32 Å². The van der Waals surface area contributed by atoms with E-state index in [0.29, 0.717) is 12.1 Å². The summed E-state index contributed by atoms with van der Waals surface area (Å²) < 4.78 is 0. The molecular weight excluding hydrogens is 230 g/mol. The summed E-state index contributed by atoms with van der Waals surface area (Å²) in [5.74, 6) is 0. The molecule has 17 heavy (non-hydrogen) atoms. The number of piperidine rings is 1. The summed E-state index contributed by atoms with van der Waals surface area (Å²) >= 11 is 1.82. The molecule has 1 saturated heterocycles. The van der Waals surface area contributed by atoms with Crippen molar-refractivity contribution in [1.29, 1.82) is 0 Å². The lowest BCUT2D eigenvalue weighted by atomic mass is 10.0. The van der Waals surface area contributed by atoms with Gasteiger partial charge in [0.05, 0.1) is 5.01 Å². The molecule has 0 bridgehead atoms. The summed E-state index contributed by atoms with van der Waals surface area (Å²) in [6.07, 6.45) is 4.65. The Hall–Kier alpha value is -0.450. The first-order valence-corrected chi connectivity index (χ1v) is 7.35. The molecule has 0 aliphatic carbocycles. The molecule has 1 atom stereocenters. The number of rotatable bonds is 4. The number of likely N-dealkylation sites (tertiary alicyclic amines) is 1. The highest BCUT2D eigenvalue weighted by Gasteiger charge is 2.20. The van der Waals surface area contributed by atoms with Crippen molar-refractivity contribution in [3.63, 3.8) is 0 Å². The number of aryl methyl sites for hydroxylation is 1. The fraction of sp³-hybridized carbons (Fsp3) is 0.769. The molecule has 1 aromatic heterocycles. The Bertz CT molecular complexity index is 348. The molecule has 0 spiro atoms. The fourth-order valence-electron chi connectivity index (χ4n) is 2.51. The molecule has 0 saturated carbocycles. The molecule has 3 nitrogen and oxygen atoms in total. The largest absolute Gasteiger partial charge is 0.311 e. The van der Waals surface area contributed by atoms with Crippen molar-refractivity contribution in [2.24, 2.45) is 0 Å². The van der Waals surface area contributed by atoms with Gasteiger partial charge in [0, 0.05) is 36.2 Å². The summed E-state index contributed by atoms with van der Waals surface area (Å²) in [7, 11) is 0. The van der Waals surface area contributed by atoms with Crippen LogP contribution in [0, 0.1) is 6.92 Å². The molecule has 1 aliphatic rings. The van der Waals surface area contributed by atoms with Gasteiger partial charge in [-0.2, -0.15) is 0 Å². The second-order valence-corrected chi connectivity index (χ2v) is 6.56. The molecule has 0 radical (unpaired) electrons. The van der Waals surface area contributed by atoms with Crippen molar-refractivity contribution < 1.29 is 0 Å². The topological polar surface area (TPSA) is 28.2 Å². The zero-order valence-electron chi connectivity index (χ0n) is 11.1. The molecule has 1 N–H and O–H groups in total. The molecule has 1 aliphatic heterocycles. The van der Waals surface area contributed by atoms with Gasteiger partial charge in [0.1, 0.15) is 0 Å². The number of aromatic nitrogens is 1. The Balaban J connectivity index is 1.85. The average molecular weight is 253 g/mol. The first kappa shape index (κ1) is 13.0. The Labute approximate surface area is 108 Å². The van der Waals surface area contributed by atoms with Crippen LogP contribution in [0.4, 0.5) is 0 Å². The van der Waals surface area contributed by atoms with Crippen LogP contribution in [-0.4, -0.2) is 35.1 Å². The van der Waals surface area contributed by atoms with Crippen molar-refractivity contribution in [2.75, 3.05) is 13.1 Å². The van der Waals surface area contributed by atoms with Crippen LogP contribution in [0.2, 0.25) is 0 Å². The smallest absolute Gasteiger partial charge is 0.0897 e. The summed E-state index contributed by atoms with van der Waals surface area (Å²) in [6.45, 7) is 10.0. The van der Waals surface area contributed by atoms with Crippen LogP contribution in [0.3, 0.4) is 0 Å². The van der Waals surface area contributed by atoms with Gasteiger partial charge in [0.25, 0.3) is 0 Å². The van der Waals surface area contributed by atoms with E-state index in [1.54, 1.807) is 0 Å². The number of hydrogen-bond acceptors (Lipinski definition) is 4. The van der Waals surface area contributed by atoms with E-state index in [-0.39, 0.29) is 0 Å². The molecule has 1 unspecified atom stereocenters. The Morgan fingerprint density at radius 3 is 3.06 bits per heavy atom. The van der Waals surface area contributed by atoms with Gasteiger partial charge >= 0.3 is 0 Å². The van der Waals surface area contributed by atoms with Crippen LogP contribution in [0.15, 0.2) is 6.20 Å². The van der Waals surface area contributed by atoms with Crippen molar-refractivity contribution >= 4 is 11.3 Å². The maximum absolute atomic E-state index is 4.33. The zero-order valence-corrected chi connectivity index (χ0v) is 11.9. The van der Waals surface area contributed by atoms with E-state index in [2.05, 4.69) is 36.0 Å². The normalized spacial score (nSPS) is 22.2. The summed E-state index contributed by atoms with van der Waals surface area (Å²) in [5.41, 5.74) is 0. The monoisotopic (exact) mass is 253 g/mol. The van der Waals surface area contributed by atoms with Crippen LogP contribution in [-0.2, 0) is 6.54 Å². The highest BCUT2D eigenvalue weighted by atomic mass is 32.1. The Morgan fingerprint density at radius 1 is 1.59 bits per heavy atom. The Kier molecular flexibility index (Phi) is 4.54. The van der Waals surface area contributed by atoms with Gasteiger partial charge in [-0.15, -0.1) is 11.3 Å². The number of thiazole rings is 1. The highest BCUT2D eigenvalue weighted by molar-refractivity contribution is 7.11. The molecule has 2 heterocycles. The predicted molar refractivity (Wildman–Crippen MR) is 73.4 cm³/mol. The molecule has 1 aromatic rings. The molecular formula is C13H23N3S. The Morgan fingerprint density at radius 2 is 2.41 bits per heavy atom. The van der Waals surface area contributed by atoms with E-state index in [4.69, 9.17) is 0 Å². The van der Waals surface area contributed by atoms with E-state index in [0.717, 1.165) is 6.54 Å². The third kappa shape index (κ3) is 4.05. The highest BCUT2D eigenvalue weighted by Crippen LogP contribution is 2.18. The lowest BCUT2D eigenvalue weighted by molar-refractivity contribution is 0.180. The number of nitrogens with one attached hydrogen (secondary N) is 1. The van der Waals surface area contributed by atoms with Crippen LogP contribution >= 0.6 is 11.3 Å². The molecule has 4 heteroatoms. The van der Waals surface area contributed by atoms with Gasteiger partial charge in [-0.25, -0.2) is 4.98 Å². The second-order valence-electron chi connectivity index (χ2n) is 5.24. The maximum Gasteiger partial charge on any atom is 0.0897 e. The van der Waals surface area contributed by atoms with E-state index in [1.165, 1.54) is 35.8 Å². The van der Waals surface area contributed by atoms with E-state index in [9.17, 15) is 0 Å². The first-order valence-electron chi connectivity index (χ1n) is 6.53. The second kappa shape index (κ2) is 5.94. The minimum absolute atomic E-state index is 0.589. The van der Waals surface area contributed by atoms with Crippen molar-refractivity contribution in [2.45, 2.75) is 52.2 Å². The van der Waals surface area contributed by atoms with E-state index < -0.39 is 0 Å². The van der Waals surface area contributed by atoms with Crippen molar-refractivity contribution in [3.8, 4) is 0 Å². The van der Waals surface area contributed by atoms with Gasteiger partial charge in [0.15, 0.2) is 0 Å². The molecule has 96 valence electrons. The maximum atomic E-state index is 4.33. The summed E-state index contributed by atoms with van der Waals surface area (Å²) in [5, 5.41) is 4.82. The standard InChI is InChI=1S/C13H23N3S/c1-10(2)15-12-5-4-6-16(8-12)9-13-7-14-11(3)17-13/h7,10,12,15H,4-6,8-9H2,1-3H3. The third-order valence-electron chi connectivity index (χ3n) is 3.12. The lowest BCUT2D eigenvalue weighted by Crippen LogP contribution is -2.47. The van der Waals surface area contributed by atoms with E-state index >= 15 is 0 Å². The first-order chi connectivity index (χ1) is 8.13. The molecule has 0 amide bonds. The average Bonchev–Trinajstić information content (AvgIpc) is 2.63. The van der Waals surface area contributed by atoms with Gasteiger partial charge in [-0.1, -0.05) is 13.8 Å². The number of nitrogens with zero attached hydrogens (tertiary/aromatic N) is 2. The van der Waals surface area contributed by atoms with Crippen molar-refractivity contribution in [1.82, 2.24) is 15.2 Å². The van der Waals surface area contributed by atoms with Gasteiger partial charge in [-0.3, -0.25) is 4.90 Å². The van der Waals surface area contributed by atoms with Gasteiger partial charge in [0.2, 0.25) is 0 Å². The van der Waals surface area contributed by atoms with Crippen LogP contribution in [0.5, 0.6) is 0 Å². The molecule has 2 rings (SSSR count). The summed E-state index contributed by atoms with van der Waals surface area (Å²) in [4.78, 5) is 8.27. The van der Waals surface area contributed by atoms with Gasteiger partial charge < -0.3 is 5.32 Å². The lowest BCUT2D eigenvalue weighted by Gasteiger charge is -2.33.